The molecule has 3 rings (SSSR count). The first-order chi connectivity index (χ1) is 11.9. The number of fused-ring (bicyclic) bond motifs is 1. The van der Waals surface area contributed by atoms with Gasteiger partial charge in [-0.05, 0) is 47.9 Å². The van der Waals surface area contributed by atoms with Gasteiger partial charge in [-0.3, -0.25) is 15.6 Å². The summed E-state index contributed by atoms with van der Waals surface area (Å²) in [6.45, 7) is 0. The summed E-state index contributed by atoms with van der Waals surface area (Å²) >= 11 is 1.28. The summed E-state index contributed by atoms with van der Waals surface area (Å²) in [6, 6.07) is 11.7. The predicted octanol–water partition coefficient (Wildman–Crippen LogP) is 4.69. The van der Waals surface area contributed by atoms with Crippen LogP contribution in [0.4, 0.5) is 18.9 Å². The number of methoxy groups -OCH3 is 1. The second-order valence-electron chi connectivity index (χ2n) is 5.17. The van der Waals surface area contributed by atoms with Crippen LogP contribution in [0.5, 0.6) is 5.75 Å². The van der Waals surface area contributed by atoms with Crippen molar-refractivity contribution >= 4 is 33.0 Å². The summed E-state index contributed by atoms with van der Waals surface area (Å²) in [5.74, 6) is 0.247. The first kappa shape index (κ1) is 17.1. The van der Waals surface area contributed by atoms with E-state index < -0.39 is 17.6 Å². The van der Waals surface area contributed by atoms with Crippen LogP contribution in [0, 0.1) is 0 Å². The number of halogens is 3. The Labute approximate surface area is 145 Å². The van der Waals surface area contributed by atoms with Crippen molar-refractivity contribution in [2.24, 2.45) is 0 Å². The summed E-state index contributed by atoms with van der Waals surface area (Å²) in [4.78, 5) is 12.6. The van der Waals surface area contributed by atoms with E-state index in [2.05, 4.69) is 10.9 Å². The Bertz CT molecular complexity index is 922. The normalized spacial score (nSPS) is 11.4. The molecule has 1 aromatic heterocycles. The molecule has 0 aliphatic carbocycles. The lowest BCUT2D eigenvalue weighted by molar-refractivity contribution is -0.137. The molecule has 25 heavy (non-hydrogen) atoms. The van der Waals surface area contributed by atoms with Gasteiger partial charge in [-0.25, -0.2) is 0 Å². The van der Waals surface area contributed by atoms with Gasteiger partial charge >= 0.3 is 6.18 Å². The van der Waals surface area contributed by atoms with E-state index >= 15 is 0 Å². The van der Waals surface area contributed by atoms with Crippen molar-refractivity contribution < 1.29 is 22.7 Å². The molecule has 0 radical (unpaired) electrons. The standard InChI is InChI=1S/C17H13F3N2O2S/c1-24-13-5-6-14-10(7-13)8-15(25-14)16(23)22-21-12-4-2-3-11(9-12)17(18,19)20/h2-9,21H,1H3,(H,22,23). The van der Waals surface area contributed by atoms with E-state index in [9.17, 15) is 18.0 Å². The van der Waals surface area contributed by atoms with Crippen molar-refractivity contribution in [1.29, 1.82) is 0 Å². The third kappa shape index (κ3) is 3.85. The van der Waals surface area contributed by atoms with Gasteiger partial charge in [0.25, 0.3) is 5.91 Å². The maximum atomic E-state index is 12.7. The third-order valence-electron chi connectivity index (χ3n) is 3.46. The van der Waals surface area contributed by atoms with Gasteiger partial charge in [-0.2, -0.15) is 13.2 Å². The van der Waals surface area contributed by atoms with Crippen molar-refractivity contribution in [2.45, 2.75) is 6.18 Å². The van der Waals surface area contributed by atoms with Gasteiger partial charge in [0.1, 0.15) is 5.75 Å². The minimum Gasteiger partial charge on any atom is -0.497 e. The molecule has 4 nitrogen and oxygen atoms in total. The van der Waals surface area contributed by atoms with Crippen LogP contribution in [0.1, 0.15) is 15.2 Å². The molecule has 2 aromatic carbocycles. The quantitative estimate of drug-likeness (QED) is 0.659. The molecule has 0 saturated carbocycles. The van der Waals surface area contributed by atoms with Crippen LogP contribution >= 0.6 is 11.3 Å². The minimum atomic E-state index is -4.44. The number of rotatable bonds is 4. The highest BCUT2D eigenvalue weighted by atomic mass is 32.1. The Morgan fingerprint density at radius 2 is 1.92 bits per heavy atom. The highest BCUT2D eigenvalue weighted by molar-refractivity contribution is 7.20. The molecule has 2 N–H and O–H groups in total. The fourth-order valence-electron chi connectivity index (χ4n) is 2.22. The summed E-state index contributed by atoms with van der Waals surface area (Å²) in [7, 11) is 1.56. The molecule has 0 aliphatic heterocycles. The zero-order valence-electron chi connectivity index (χ0n) is 13.0. The number of amides is 1. The molecule has 0 bridgehead atoms. The number of hydrazine groups is 1. The maximum Gasteiger partial charge on any atom is 0.416 e. The molecule has 1 heterocycles. The Morgan fingerprint density at radius 3 is 2.64 bits per heavy atom. The van der Waals surface area contributed by atoms with Gasteiger partial charge < -0.3 is 4.74 Å². The predicted molar refractivity (Wildman–Crippen MR) is 90.9 cm³/mol. The maximum absolute atomic E-state index is 12.7. The second-order valence-corrected chi connectivity index (χ2v) is 6.26. The molecule has 0 atom stereocenters. The van der Waals surface area contributed by atoms with E-state index in [1.54, 1.807) is 19.2 Å². The lowest BCUT2D eigenvalue weighted by Gasteiger charge is -2.11. The molecule has 0 unspecified atom stereocenters. The number of benzene rings is 2. The molecule has 0 spiro atoms. The monoisotopic (exact) mass is 366 g/mol. The van der Waals surface area contributed by atoms with E-state index in [-0.39, 0.29) is 5.69 Å². The average Bonchev–Trinajstić information content (AvgIpc) is 3.02. The lowest BCUT2D eigenvalue weighted by atomic mass is 10.2. The number of alkyl halides is 3. The van der Waals surface area contributed by atoms with Crippen molar-refractivity contribution in [3.05, 3.63) is 59.0 Å². The molecule has 1 amide bonds. The van der Waals surface area contributed by atoms with E-state index in [4.69, 9.17) is 4.74 Å². The van der Waals surface area contributed by atoms with Gasteiger partial charge in [-0.1, -0.05) is 6.07 Å². The molecule has 0 aliphatic rings. The van der Waals surface area contributed by atoms with Crippen LogP contribution < -0.4 is 15.6 Å². The zero-order chi connectivity index (χ0) is 18.0. The minimum absolute atomic E-state index is 0.144. The molecule has 0 fully saturated rings. The number of thiophene rings is 1. The summed E-state index contributed by atoms with van der Waals surface area (Å²) in [6.07, 6.45) is -4.44. The van der Waals surface area contributed by atoms with Crippen LogP contribution in [0.15, 0.2) is 48.5 Å². The zero-order valence-corrected chi connectivity index (χ0v) is 13.8. The van der Waals surface area contributed by atoms with Crippen molar-refractivity contribution in [3.63, 3.8) is 0 Å². The van der Waals surface area contributed by atoms with Crippen LogP contribution in [0.2, 0.25) is 0 Å². The Hall–Kier alpha value is -2.74. The molecule has 130 valence electrons. The van der Waals surface area contributed by atoms with Gasteiger partial charge in [-0.15, -0.1) is 11.3 Å². The van der Waals surface area contributed by atoms with Crippen molar-refractivity contribution in [2.75, 3.05) is 12.5 Å². The van der Waals surface area contributed by atoms with E-state index in [0.29, 0.717) is 10.6 Å². The fraction of sp³-hybridized carbons (Fsp3) is 0.118. The molecular weight excluding hydrogens is 353 g/mol. The van der Waals surface area contributed by atoms with Gasteiger partial charge in [0, 0.05) is 4.70 Å². The van der Waals surface area contributed by atoms with Gasteiger partial charge in [0.2, 0.25) is 0 Å². The lowest BCUT2D eigenvalue weighted by Crippen LogP contribution is -2.28. The number of hydrogen-bond acceptors (Lipinski definition) is 4. The van der Waals surface area contributed by atoms with Gasteiger partial charge in [0.05, 0.1) is 23.2 Å². The number of carbonyl (C=O) groups excluding carboxylic acids is 1. The first-order valence-corrected chi connectivity index (χ1v) is 7.99. The highest BCUT2D eigenvalue weighted by Gasteiger charge is 2.30. The Morgan fingerprint density at radius 1 is 1.12 bits per heavy atom. The smallest absolute Gasteiger partial charge is 0.416 e. The largest absolute Gasteiger partial charge is 0.497 e. The van der Waals surface area contributed by atoms with Crippen LogP contribution in [0.25, 0.3) is 10.1 Å². The average molecular weight is 366 g/mol. The highest BCUT2D eigenvalue weighted by Crippen LogP contribution is 2.31. The topological polar surface area (TPSA) is 50.4 Å². The molecule has 3 aromatic rings. The van der Waals surface area contributed by atoms with Crippen molar-refractivity contribution in [3.8, 4) is 5.75 Å². The number of hydrogen-bond donors (Lipinski definition) is 2. The second kappa shape index (κ2) is 6.64. The van der Waals surface area contributed by atoms with Crippen LogP contribution in [-0.2, 0) is 6.18 Å². The van der Waals surface area contributed by atoms with E-state index in [0.717, 1.165) is 22.2 Å². The number of ether oxygens (including phenoxy) is 1. The SMILES string of the molecule is COc1ccc2sc(C(=O)NNc3cccc(C(F)(F)F)c3)cc2c1. The van der Waals surface area contributed by atoms with E-state index in [1.165, 1.54) is 23.5 Å². The van der Waals surface area contributed by atoms with Crippen molar-refractivity contribution in [1.82, 2.24) is 5.43 Å². The van der Waals surface area contributed by atoms with Crippen LogP contribution in [-0.4, -0.2) is 13.0 Å². The fourth-order valence-corrected chi connectivity index (χ4v) is 3.16. The first-order valence-electron chi connectivity index (χ1n) is 7.18. The third-order valence-corrected chi connectivity index (χ3v) is 4.57. The summed E-state index contributed by atoms with van der Waals surface area (Å²) in [5, 5.41) is 0.855. The summed E-state index contributed by atoms with van der Waals surface area (Å²) < 4.78 is 44.1. The Balaban J connectivity index is 1.72. The number of anilines is 1. The van der Waals surface area contributed by atoms with Crippen LogP contribution in [0.3, 0.4) is 0 Å². The summed E-state index contributed by atoms with van der Waals surface area (Å²) in [5.41, 5.74) is 4.26. The van der Waals surface area contributed by atoms with E-state index in [1.807, 2.05) is 12.1 Å². The Kier molecular flexibility index (Phi) is 4.54. The van der Waals surface area contributed by atoms with Gasteiger partial charge in [0.15, 0.2) is 0 Å². The molecular formula is C17H13F3N2O2S. The molecule has 8 heteroatoms. The number of nitrogens with one attached hydrogen (secondary N) is 2. The number of carbonyl (C=O) groups is 1. The molecule has 0 saturated heterocycles.